The van der Waals surface area contributed by atoms with E-state index in [1.807, 2.05) is 44.2 Å². The molecule has 0 spiro atoms. The van der Waals surface area contributed by atoms with Crippen molar-refractivity contribution < 1.29 is 14.6 Å². The Morgan fingerprint density at radius 2 is 1.82 bits per heavy atom. The van der Waals surface area contributed by atoms with Crippen LogP contribution in [0.15, 0.2) is 57.9 Å². The normalized spacial score (nSPS) is 11.5. The molecule has 0 amide bonds. The average molecular weight is 484 g/mol. The fourth-order valence-corrected chi connectivity index (χ4v) is 3.73. The van der Waals surface area contributed by atoms with Crippen molar-refractivity contribution in [2.45, 2.75) is 13.8 Å². The molecule has 6 heteroatoms. The lowest BCUT2D eigenvalue weighted by atomic mass is 10.1. The first-order chi connectivity index (χ1) is 13.4. The third-order valence-corrected chi connectivity index (χ3v) is 5.17. The molecule has 0 aliphatic carbocycles. The molecular formula is C22H17IN2O3. The molecule has 5 nitrogen and oxygen atoms in total. The maximum absolute atomic E-state index is 10.3. The highest BCUT2D eigenvalue weighted by atomic mass is 127. The Kier molecular flexibility index (Phi) is 4.80. The van der Waals surface area contributed by atoms with Crippen molar-refractivity contribution in [2.24, 2.45) is 4.99 Å². The van der Waals surface area contributed by atoms with Gasteiger partial charge in [0.05, 0.1) is 14.8 Å². The van der Waals surface area contributed by atoms with Crippen LogP contribution in [0.1, 0.15) is 16.7 Å². The number of oxazole rings is 1. The lowest BCUT2D eigenvalue weighted by Gasteiger charge is -2.04. The smallest absolute Gasteiger partial charge is 0.231 e. The van der Waals surface area contributed by atoms with E-state index < -0.39 is 0 Å². The van der Waals surface area contributed by atoms with Gasteiger partial charge in [0, 0.05) is 11.8 Å². The topological polar surface area (TPSA) is 78.9 Å². The summed E-state index contributed by atoms with van der Waals surface area (Å²) in [7, 11) is 0. The van der Waals surface area contributed by atoms with Crippen molar-refractivity contribution in [2.75, 3.05) is 0 Å². The molecule has 0 atom stereocenters. The fraction of sp³-hybridized carbons (Fsp3) is 0.0909. The maximum atomic E-state index is 10.3. The van der Waals surface area contributed by atoms with Crippen molar-refractivity contribution in [1.29, 1.82) is 0 Å². The van der Waals surface area contributed by atoms with Gasteiger partial charge in [-0.15, -0.1) is 0 Å². The standard InChI is InChI=1S/C22H17IN2O3/c1-12-3-6-20-18(9-12)25-22(28-20)16-10-15(4-5-19(16)26)24-11-14-7-13(2)8-17(23)21(14)27/h3-11,26-27H,1-2H3. The molecule has 1 heterocycles. The average Bonchev–Trinajstić information content (AvgIpc) is 3.07. The van der Waals surface area contributed by atoms with Gasteiger partial charge in [0.2, 0.25) is 5.89 Å². The number of benzene rings is 3. The van der Waals surface area contributed by atoms with Crippen molar-refractivity contribution in [3.8, 4) is 23.0 Å². The number of halogens is 1. The summed E-state index contributed by atoms with van der Waals surface area (Å²) >= 11 is 2.09. The van der Waals surface area contributed by atoms with E-state index in [9.17, 15) is 10.2 Å². The molecular weight excluding hydrogens is 467 g/mol. The van der Waals surface area contributed by atoms with Crippen LogP contribution in [-0.4, -0.2) is 21.4 Å². The summed E-state index contributed by atoms with van der Waals surface area (Å²) < 4.78 is 6.56. The number of rotatable bonds is 3. The number of phenolic OH excluding ortho intramolecular Hbond substituents is 2. The van der Waals surface area contributed by atoms with Crippen LogP contribution in [0.2, 0.25) is 0 Å². The van der Waals surface area contributed by atoms with Crippen LogP contribution in [0.5, 0.6) is 11.5 Å². The summed E-state index contributed by atoms with van der Waals surface area (Å²) in [4.78, 5) is 8.93. The molecule has 1 aromatic heterocycles. The zero-order valence-electron chi connectivity index (χ0n) is 15.3. The van der Waals surface area contributed by atoms with Crippen LogP contribution in [0.4, 0.5) is 5.69 Å². The van der Waals surface area contributed by atoms with Gasteiger partial charge in [0.25, 0.3) is 0 Å². The first kappa shape index (κ1) is 18.5. The van der Waals surface area contributed by atoms with Crippen molar-refractivity contribution >= 4 is 45.6 Å². The van der Waals surface area contributed by atoms with E-state index >= 15 is 0 Å². The Labute approximate surface area is 175 Å². The molecule has 3 aromatic carbocycles. The molecule has 0 fully saturated rings. The Morgan fingerprint density at radius 3 is 2.64 bits per heavy atom. The summed E-state index contributed by atoms with van der Waals surface area (Å²) in [5, 5.41) is 20.5. The summed E-state index contributed by atoms with van der Waals surface area (Å²) in [5.74, 6) is 0.599. The number of phenols is 2. The Balaban J connectivity index is 1.73. The second kappa shape index (κ2) is 7.27. The molecule has 0 saturated carbocycles. The van der Waals surface area contributed by atoms with Gasteiger partial charge < -0.3 is 14.6 Å². The molecule has 140 valence electrons. The lowest BCUT2D eigenvalue weighted by molar-refractivity contribution is 0.470. The Hall–Kier alpha value is -2.87. The SMILES string of the molecule is Cc1cc(I)c(O)c(C=Nc2ccc(O)c(-c3nc4cc(C)ccc4o3)c2)c1. The van der Waals surface area contributed by atoms with Crippen LogP contribution in [0, 0.1) is 17.4 Å². The summed E-state index contributed by atoms with van der Waals surface area (Å²) in [6.45, 7) is 3.95. The minimum absolute atomic E-state index is 0.0650. The minimum Gasteiger partial charge on any atom is -0.507 e. The monoisotopic (exact) mass is 484 g/mol. The van der Waals surface area contributed by atoms with Gasteiger partial charge in [-0.25, -0.2) is 4.98 Å². The molecule has 0 aliphatic rings. The van der Waals surface area contributed by atoms with Crippen molar-refractivity contribution in [3.05, 3.63) is 68.8 Å². The molecule has 0 radical (unpaired) electrons. The molecule has 0 unspecified atom stereocenters. The van der Waals surface area contributed by atoms with E-state index in [2.05, 4.69) is 32.6 Å². The number of aromatic hydroxyl groups is 2. The first-order valence-corrected chi connectivity index (χ1v) is 9.72. The van der Waals surface area contributed by atoms with E-state index in [1.165, 1.54) is 0 Å². The quantitative estimate of drug-likeness (QED) is 0.281. The highest BCUT2D eigenvalue weighted by Crippen LogP contribution is 2.34. The highest BCUT2D eigenvalue weighted by molar-refractivity contribution is 14.1. The van der Waals surface area contributed by atoms with Gasteiger partial charge in [-0.05, 0) is 90.0 Å². The number of aromatic nitrogens is 1. The summed E-state index contributed by atoms with van der Waals surface area (Å²) in [6.07, 6.45) is 1.61. The predicted octanol–water partition coefficient (Wildman–Crippen LogP) is 5.88. The van der Waals surface area contributed by atoms with E-state index in [4.69, 9.17) is 4.42 Å². The maximum Gasteiger partial charge on any atom is 0.231 e. The van der Waals surface area contributed by atoms with E-state index in [1.54, 1.807) is 24.4 Å². The molecule has 0 bridgehead atoms. The van der Waals surface area contributed by atoms with Gasteiger partial charge >= 0.3 is 0 Å². The molecule has 2 N–H and O–H groups in total. The van der Waals surface area contributed by atoms with Gasteiger partial charge in [-0.3, -0.25) is 4.99 Å². The van der Waals surface area contributed by atoms with Crippen LogP contribution < -0.4 is 0 Å². The zero-order valence-corrected chi connectivity index (χ0v) is 17.4. The number of hydrogen-bond donors (Lipinski definition) is 2. The van der Waals surface area contributed by atoms with Gasteiger partial charge in [-0.2, -0.15) is 0 Å². The summed E-state index contributed by atoms with van der Waals surface area (Å²) in [6, 6.07) is 14.5. The van der Waals surface area contributed by atoms with E-state index in [-0.39, 0.29) is 11.5 Å². The Morgan fingerprint density at radius 1 is 1.00 bits per heavy atom. The Bertz CT molecular complexity index is 1230. The molecule has 4 rings (SSSR count). The molecule has 0 aliphatic heterocycles. The van der Waals surface area contributed by atoms with Crippen LogP contribution in [0.25, 0.3) is 22.6 Å². The summed E-state index contributed by atoms with van der Waals surface area (Å²) in [5.41, 5.74) is 5.24. The largest absolute Gasteiger partial charge is 0.507 e. The van der Waals surface area contributed by atoms with Crippen molar-refractivity contribution in [3.63, 3.8) is 0 Å². The number of nitrogens with zero attached hydrogens (tertiary/aromatic N) is 2. The number of hydrogen-bond acceptors (Lipinski definition) is 5. The van der Waals surface area contributed by atoms with Crippen LogP contribution in [-0.2, 0) is 0 Å². The van der Waals surface area contributed by atoms with E-state index in [0.717, 1.165) is 20.2 Å². The molecule has 0 saturated heterocycles. The molecule has 28 heavy (non-hydrogen) atoms. The first-order valence-electron chi connectivity index (χ1n) is 8.64. The minimum atomic E-state index is 0.0650. The number of aliphatic imine (C=N–C) groups is 1. The number of aryl methyl sites for hydroxylation is 2. The third-order valence-electron chi connectivity index (χ3n) is 4.34. The van der Waals surface area contributed by atoms with Gasteiger partial charge in [0.15, 0.2) is 5.58 Å². The lowest BCUT2D eigenvalue weighted by Crippen LogP contribution is -1.88. The number of fused-ring (bicyclic) bond motifs is 1. The fourth-order valence-electron chi connectivity index (χ4n) is 2.93. The van der Waals surface area contributed by atoms with Crippen molar-refractivity contribution in [1.82, 2.24) is 4.98 Å². The predicted molar refractivity (Wildman–Crippen MR) is 119 cm³/mol. The second-order valence-electron chi connectivity index (χ2n) is 6.63. The van der Waals surface area contributed by atoms with Crippen LogP contribution in [0.3, 0.4) is 0 Å². The second-order valence-corrected chi connectivity index (χ2v) is 7.80. The third kappa shape index (κ3) is 3.60. The van der Waals surface area contributed by atoms with Gasteiger partial charge in [0.1, 0.15) is 17.0 Å². The van der Waals surface area contributed by atoms with Gasteiger partial charge in [-0.1, -0.05) is 6.07 Å². The van der Waals surface area contributed by atoms with Crippen LogP contribution >= 0.6 is 22.6 Å². The molecule has 4 aromatic rings. The van der Waals surface area contributed by atoms with E-state index in [0.29, 0.717) is 28.3 Å². The zero-order chi connectivity index (χ0) is 19.8. The highest BCUT2D eigenvalue weighted by Gasteiger charge is 2.13.